The fourth-order valence-electron chi connectivity index (χ4n) is 1.51. The molecule has 0 bridgehead atoms. The minimum Gasteiger partial charge on any atom is -0.464 e. The molecule has 4 nitrogen and oxygen atoms in total. The average Bonchev–Trinajstić information content (AvgIpc) is 3.01. The molecule has 0 aliphatic heterocycles. The summed E-state index contributed by atoms with van der Waals surface area (Å²) in [6.45, 7) is 0. The highest BCUT2D eigenvalue weighted by molar-refractivity contribution is 5.74. The summed E-state index contributed by atoms with van der Waals surface area (Å²) in [6, 6.07) is 7.44. The second-order valence-electron chi connectivity index (χ2n) is 3.11. The summed E-state index contributed by atoms with van der Waals surface area (Å²) in [5, 5.41) is 6.88. The molecule has 74 valence electrons. The van der Waals surface area contributed by atoms with Crippen LogP contribution in [0.25, 0.3) is 22.8 Å². The zero-order valence-corrected chi connectivity index (χ0v) is 7.81. The molecule has 0 atom stereocenters. The summed E-state index contributed by atoms with van der Waals surface area (Å²) in [4.78, 5) is 0. The highest BCUT2D eigenvalue weighted by atomic mass is 16.3. The van der Waals surface area contributed by atoms with Gasteiger partial charge in [-0.2, -0.15) is 5.10 Å². The molecule has 3 aromatic rings. The number of aromatic amines is 1. The van der Waals surface area contributed by atoms with Crippen LogP contribution < -0.4 is 0 Å². The van der Waals surface area contributed by atoms with Gasteiger partial charge < -0.3 is 8.83 Å². The molecule has 0 saturated heterocycles. The summed E-state index contributed by atoms with van der Waals surface area (Å²) >= 11 is 0. The molecule has 0 fully saturated rings. The van der Waals surface area contributed by atoms with E-state index in [4.69, 9.17) is 8.83 Å². The lowest BCUT2D eigenvalue weighted by molar-refractivity contribution is 0.574. The first-order valence-electron chi connectivity index (χ1n) is 4.56. The molecule has 0 amide bonds. The van der Waals surface area contributed by atoms with Crippen molar-refractivity contribution in [3.8, 4) is 22.8 Å². The monoisotopic (exact) mass is 200 g/mol. The Kier molecular flexibility index (Phi) is 1.71. The lowest BCUT2D eigenvalue weighted by Gasteiger charge is -1.95. The average molecular weight is 200 g/mol. The van der Waals surface area contributed by atoms with Crippen molar-refractivity contribution in [1.29, 1.82) is 0 Å². The van der Waals surface area contributed by atoms with E-state index >= 15 is 0 Å². The molecule has 4 heteroatoms. The van der Waals surface area contributed by atoms with Gasteiger partial charge in [0.05, 0.1) is 24.3 Å². The van der Waals surface area contributed by atoms with E-state index in [9.17, 15) is 0 Å². The number of hydrogen-bond donors (Lipinski definition) is 1. The number of aromatic nitrogens is 2. The minimum absolute atomic E-state index is 0.749. The van der Waals surface area contributed by atoms with E-state index in [0.29, 0.717) is 0 Å². The topological polar surface area (TPSA) is 55.0 Å². The van der Waals surface area contributed by atoms with Crippen molar-refractivity contribution in [3.05, 3.63) is 43.0 Å². The molecule has 0 radical (unpaired) electrons. The number of rotatable bonds is 2. The van der Waals surface area contributed by atoms with Crippen molar-refractivity contribution in [1.82, 2.24) is 10.2 Å². The van der Waals surface area contributed by atoms with Crippen LogP contribution in [0.15, 0.2) is 51.8 Å². The lowest BCUT2D eigenvalue weighted by atomic mass is 10.1. The van der Waals surface area contributed by atoms with Gasteiger partial charge in [0.1, 0.15) is 11.5 Å². The fraction of sp³-hybridized carbons (Fsp3) is 0. The highest BCUT2D eigenvalue weighted by Gasteiger charge is 2.13. The summed E-state index contributed by atoms with van der Waals surface area (Å²) in [5.74, 6) is 1.52. The van der Waals surface area contributed by atoms with Gasteiger partial charge in [-0.25, -0.2) is 0 Å². The Labute approximate surface area is 85.5 Å². The Balaban J connectivity index is 2.15. The molecule has 15 heavy (non-hydrogen) atoms. The van der Waals surface area contributed by atoms with Crippen molar-refractivity contribution in [3.63, 3.8) is 0 Å². The van der Waals surface area contributed by atoms with Crippen molar-refractivity contribution >= 4 is 0 Å². The lowest BCUT2D eigenvalue weighted by Crippen LogP contribution is -1.77. The number of hydrogen-bond acceptors (Lipinski definition) is 3. The molecule has 0 aromatic carbocycles. The minimum atomic E-state index is 0.749. The van der Waals surface area contributed by atoms with Crippen LogP contribution in [0.5, 0.6) is 0 Å². The van der Waals surface area contributed by atoms with E-state index in [1.54, 1.807) is 18.7 Å². The van der Waals surface area contributed by atoms with Gasteiger partial charge >= 0.3 is 0 Å². The van der Waals surface area contributed by atoms with Crippen LogP contribution in [-0.4, -0.2) is 10.2 Å². The Bertz CT molecular complexity index is 486. The predicted molar refractivity (Wildman–Crippen MR) is 54.0 cm³/mol. The number of nitrogens with zero attached hydrogens (tertiary/aromatic N) is 1. The van der Waals surface area contributed by atoms with Crippen LogP contribution in [0.3, 0.4) is 0 Å². The van der Waals surface area contributed by atoms with Crippen molar-refractivity contribution in [2.24, 2.45) is 0 Å². The molecule has 3 rings (SSSR count). The second-order valence-corrected chi connectivity index (χ2v) is 3.11. The van der Waals surface area contributed by atoms with Gasteiger partial charge in [0, 0.05) is 0 Å². The molecule has 1 N–H and O–H groups in total. The Morgan fingerprint density at radius 2 is 1.73 bits per heavy atom. The van der Waals surface area contributed by atoms with E-state index in [2.05, 4.69) is 10.2 Å². The zero-order chi connectivity index (χ0) is 10.1. The normalized spacial score (nSPS) is 10.7. The largest absolute Gasteiger partial charge is 0.464 e. The first-order chi connectivity index (χ1) is 7.45. The molecule has 3 heterocycles. The third-order valence-electron chi connectivity index (χ3n) is 2.19. The van der Waals surface area contributed by atoms with E-state index in [-0.39, 0.29) is 0 Å². The molecular weight excluding hydrogens is 192 g/mol. The molecular formula is C11H8N2O2. The zero-order valence-electron chi connectivity index (χ0n) is 7.81. The Morgan fingerprint density at radius 3 is 2.40 bits per heavy atom. The maximum absolute atomic E-state index is 5.31. The van der Waals surface area contributed by atoms with E-state index in [1.165, 1.54) is 0 Å². The Morgan fingerprint density at radius 1 is 1.00 bits per heavy atom. The SMILES string of the molecule is c1coc(-c2cn[nH]c2-c2ccco2)c1. The van der Waals surface area contributed by atoms with Gasteiger partial charge in [-0.15, -0.1) is 0 Å². The molecule has 0 aliphatic rings. The van der Waals surface area contributed by atoms with Gasteiger partial charge in [0.2, 0.25) is 0 Å². The maximum atomic E-state index is 5.31. The number of H-pyrrole nitrogens is 1. The molecule has 3 aromatic heterocycles. The van der Waals surface area contributed by atoms with Crippen molar-refractivity contribution in [2.45, 2.75) is 0 Å². The number of nitrogens with one attached hydrogen (secondary N) is 1. The van der Waals surface area contributed by atoms with E-state index < -0.39 is 0 Å². The molecule has 0 aliphatic carbocycles. The third-order valence-corrected chi connectivity index (χ3v) is 2.19. The van der Waals surface area contributed by atoms with Gasteiger partial charge in [-0.1, -0.05) is 0 Å². The van der Waals surface area contributed by atoms with Crippen LogP contribution in [0, 0.1) is 0 Å². The van der Waals surface area contributed by atoms with Crippen LogP contribution in [0.1, 0.15) is 0 Å². The second kappa shape index (κ2) is 3.16. The molecule has 0 unspecified atom stereocenters. The van der Waals surface area contributed by atoms with Crippen LogP contribution >= 0.6 is 0 Å². The van der Waals surface area contributed by atoms with Crippen molar-refractivity contribution in [2.75, 3.05) is 0 Å². The quantitative estimate of drug-likeness (QED) is 0.691. The van der Waals surface area contributed by atoms with Crippen LogP contribution in [0.4, 0.5) is 0 Å². The first-order valence-corrected chi connectivity index (χ1v) is 4.56. The smallest absolute Gasteiger partial charge is 0.152 e. The summed E-state index contributed by atoms with van der Waals surface area (Å²) in [5.41, 5.74) is 1.73. The molecule has 0 saturated carbocycles. The number of furan rings is 2. The van der Waals surface area contributed by atoms with E-state index in [0.717, 1.165) is 22.8 Å². The first kappa shape index (κ1) is 8.11. The summed E-state index contributed by atoms with van der Waals surface area (Å²) in [7, 11) is 0. The maximum Gasteiger partial charge on any atom is 0.152 e. The van der Waals surface area contributed by atoms with Gasteiger partial charge in [-0.3, -0.25) is 5.10 Å². The fourth-order valence-corrected chi connectivity index (χ4v) is 1.51. The Hall–Kier alpha value is -2.23. The van der Waals surface area contributed by atoms with E-state index in [1.807, 2.05) is 24.3 Å². The summed E-state index contributed by atoms with van der Waals surface area (Å²) in [6.07, 6.45) is 4.98. The van der Waals surface area contributed by atoms with Gasteiger partial charge in [0.25, 0.3) is 0 Å². The third kappa shape index (κ3) is 1.27. The highest BCUT2D eigenvalue weighted by Crippen LogP contribution is 2.30. The van der Waals surface area contributed by atoms with Crippen molar-refractivity contribution < 1.29 is 8.83 Å². The predicted octanol–water partition coefficient (Wildman–Crippen LogP) is 2.93. The van der Waals surface area contributed by atoms with Crippen LogP contribution in [0.2, 0.25) is 0 Å². The van der Waals surface area contributed by atoms with Gasteiger partial charge in [-0.05, 0) is 24.3 Å². The van der Waals surface area contributed by atoms with Gasteiger partial charge in [0.15, 0.2) is 5.76 Å². The standard InChI is InChI=1S/C11H8N2O2/c1-3-9(14-5-1)8-7-12-13-11(8)10-4-2-6-15-10/h1-7H,(H,12,13). The summed E-state index contributed by atoms with van der Waals surface area (Å²) < 4.78 is 10.6. The van der Waals surface area contributed by atoms with Crippen LogP contribution in [-0.2, 0) is 0 Å². The molecule has 0 spiro atoms.